The SMILES string of the molecule is CC1=NN(c2ccccc2)C(=O)C1=Cc1ccc(OCc2ccc(Cl)c(Cl)c2)cc1. The van der Waals surface area contributed by atoms with Crippen LogP contribution in [-0.4, -0.2) is 11.6 Å². The van der Waals surface area contributed by atoms with Gasteiger partial charge < -0.3 is 4.74 Å². The van der Waals surface area contributed by atoms with E-state index in [2.05, 4.69) is 5.10 Å². The van der Waals surface area contributed by atoms with Crippen molar-refractivity contribution < 1.29 is 9.53 Å². The molecular formula is C24H18Cl2N2O2. The van der Waals surface area contributed by atoms with Gasteiger partial charge in [0.25, 0.3) is 5.91 Å². The number of anilines is 1. The van der Waals surface area contributed by atoms with E-state index in [1.807, 2.05) is 73.7 Å². The maximum absolute atomic E-state index is 12.8. The van der Waals surface area contributed by atoms with E-state index in [-0.39, 0.29) is 5.91 Å². The molecule has 0 saturated heterocycles. The monoisotopic (exact) mass is 436 g/mol. The van der Waals surface area contributed by atoms with E-state index < -0.39 is 0 Å². The van der Waals surface area contributed by atoms with E-state index in [0.717, 1.165) is 22.6 Å². The molecular weight excluding hydrogens is 419 g/mol. The number of halogens is 2. The summed E-state index contributed by atoms with van der Waals surface area (Å²) in [4.78, 5) is 12.8. The fraction of sp³-hybridized carbons (Fsp3) is 0.0833. The number of benzene rings is 3. The van der Waals surface area contributed by atoms with Crippen LogP contribution in [0.3, 0.4) is 0 Å². The van der Waals surface area contributed by atoms with Crippen LogP contribution in [0.1, 0.15) is 18.1 Å². The van der Waals surface area contributed by atoms with E-state index in [1.54, 1.807) is 12.1 Å². The Morgan fingerprint density at radius 2 is 1.70 bits per heavy atom. The molecule has 1 aliphatic rings. The van der Waals surface area contributed by atoms with Gasteiger partial charge in [-0.05, 0) is 60.5 Å². The predicted octanol–water partition coefficient (Wildman–Crippen LogP) is 6.38. The Hall–Kier alpha value is -3.08. The fourth-order valence-electron chi connectivity index (χ4n) is 3.05. The molecule has 0 saturated carbocycles. The summed E-state index contributed by atoms with van der Waals surface area (Å²) in [6.07, 6.45) is 1.84. The van der Waals surface area contributed by atoms with Crippen molar-refractivity contribution in [3.63, 3.8) is 0 Å². The smallest absolute Gasteiger partial charge is 0.280 e. The standard InChI is InChI=1S/C24H18Cl2N2O2/c1-16-21(24(29)28(27-16)19-5-3-2-4-6-19)13-17-7-10-20(11-8-17)30-15-18-9-12-22(25)23(26)14-18/h2-14H,15H2,1H3. The highest BCUT2D eigenvalue weighted by Crippen LogP contribution is 2.26. The first kappa shape index (κ1) is 20.2. The molecule has 3 aromatic rings. The van der Waals surface area contributed by atoms with E-state index in [0.29, 0.717) is 27.9 Å². The Balaban J connectivity index is 1.45. The van der Waals surface area contributed by atoms with Crippen LogP contribution < -0.4 is 9.75 Å². The largest absolute Gasteiger partial charge is 0.489 e. The maximum Gasteiger partial charge on any atom is 0.280 e. The lowest BCUT2D eigenvalue weighted by atomic mass is 10.1. The van der Waals surface area contributed by atoms with Crippen LogP contribution >= 0.6 is 23.2 Å². The lowest BCUT2D eigenvalue weighted by molar-refractivity contribution is -0.114. The van der Waals surface area contributed by atoms with Gasteiger partial charge in [0.05, 0.1) is 27.0 Å². The molecule has 150 valence electrons. The number of nitrogens with zero attached hydrogens (tertiary/aromatic N) is 2. The number of amides is 1. The molecule has 0 aromatic heterocycles. The van der Waals surface area contributed by atoms with Crippen molar-refractivity contribution in [2.45, 2.75) is 13.5 Å². The van der Waals surface area contributed by atoms with Gasteiger partial charge >= 0.3 is 0 Å². The Labute approximate surface area is 185 Å². The molecule has 0 fully saturated rings. The number of carbonyl (C=O) groups excluding carboxylic acids is 1. The summed E-state index contributed by atoms with van der Waals surface area (Å²) in [6.45, 7) is 2.22. The third-order valence-corrected chi connectivity index (χ3v) is 5.38. The number of ether oxygens (including phenoxy) is 1. The van der Waals surface area contributed by atoms with E-state index in [1.165, 1.54) is 5.01 Å². The number of carbonyl (C=O) groups is 1. The third kappa shape index (κ3) is 4.40. The van der Waals surface area contributed by atoms with Gasteiger partial charge in [-0.15, -0.1) is 0 Å². The summed E-state index contributed by atoms with van der Waals surface area (Å²) in [7, 11) is 0. The molecule has 1 amide bonds. The number of rotatable bonds is 5. The molecule has 4 rings (SSSR count). The molecule has 30 heavy (non-hydrogen) atoms. The van der Waals surface area contributed by atoms with Crippen LogP contribution in [0.5, 0.6) is 5.75 Å². The highest BCUT2D eigenvalue weighted by atomic mass is 35.5. The van der Waals surface area contributed by atoms with Crippen molar-refractivity contribution in [1.29, 1.82) is 0 Å². The van der Waals surface area contributed by atoms with E-state index >= 15 is 0 Å². The lowest BCUT2D eigenvalue weighted by Gasteiger charge is -2.11. The molecule has 1 heterocycles. The fourth-order valence-corrected chi connectivity index (χ4v) is 3.37. The highest BCUT2D eigenvalue weighted by Gasteiger charge is 2.28. The highest BCUT2D eigenvalue weighted by molar-refractivity contribution is 6.42. The van der Waals surface area contributed by atoms with Crippen molar-refractivity contribution in [1.82, 2.24) is 0 Å². The number of hydrogen-bond acceptors (Lipinski definition) is 3. The summed E-state index contributed by atoms with van der Waals surface area (Å²) in [6, 6.07) is 22.3. The molecule has 0 radical (unpaired) electrons. The first-order chi connectivity index (χ1) is 14.5. The van der Waals surface area contributed by atoms with Crippen LogP contribution in [0.2, 0.25) is 10.0 Å². The van der Waals surface area contributed by atoms with Gasteiger partial charge in [0.2, 0.25) is 0 Å². The Bertz CT molecular complexity index is 1140. The zero-order chi connectivity index (χ0) is 21.1. The van der Waals surface area contributed by atoms with Crippen molar-refractivity contribution in [3.8, 4) is 5.75 Å². The molecule has 0 unspecified atom stereocenters. The second-order valence-corrected chi connectivity index (χ2v) is 7.62. The second kappa shape index (κ2) is 8.74. The van der Waals surface area contributed by atoms with Gasteiger partial charge in [-0.25, -0.2) is 0 Å². The topological polar surface area (TPSA) is 41.9 Å². The quantitative estimate of drug-likeness (QED) is 0.435. The zero-order valence-electron chi connectivity index (χ0n) is 16.2. The van der Waals surface area contributed by atoms with E-state index in [4.69, 9.17) is 27.9 Å². The first-order valence-electron chi connectivity index (χ1n) is 9.35. The first-order valence-corrected chi connectivity index (χ1v) is 10.1. The van der Waals surface area contributed by atoms with Crippen LogP contribution in [0, 0.1) is 0 Å². The number of hydrogen-bond donors (Lipinski definition) is 0. The van der Waals surface area contributed by atoms with Gasteiger partial charge in [-0.1, -0.05) is 59.6 Å². The van der Waals surface area contributed by atoms with Crippen molar-refractivity contribution >= 4 is 46.6 Å². The van der Waals surface area contributed by atoms with Crippen LogP contribution in [-0.2, 0) is 11.4 Å². The predicted molar refractivity (Wildman–Crippen MR) is 122 cm³/mol. The molecule has 3 aromatic carbocycles. The summed E-state index contributed by atoms with van der Waals surface area (Å²) in [5.41, 5.74) is 3.83. The summed E-state index contributed by atoms with van der Waals surface area (Å²) >= 11 is 12.0. The Morgan fingerprint density at radius 1 is 0.967 bits per heavy atom. The minimum absolute atomic E-state index is 0.140. The van der Waals surface area contributed by atoms with Crippen LogP contribution in [0.4, 0.5) is 5.69 Å². The third-order valence-electron chi connectivity index (χ3n) is 4.64. The molecule has 0 spiro atoms. The van der Waals surface area contributed by atoms with Gasteiger partial charge in [-0.2, -0.15) is 10.1 Å². The van der Waals surface area contributed by atoms with Gasteiger partial charge in [0.1, 0.15) is 12.4 Å². The number of para-hydroxylation sites is 1. The Kier molecular flexibility index (Phi) is 5.88. The Morgan fingerprint density at radius 3 is 2.40 bits per heavy atom. The van der Waals surface area contributed by atoms with Gasteiger partial charge in [0.15, 0.2) is 0 Å². The molecule has 0 N–H and O–H groups in total. The van der Waals surface area contributed by atoms with Gasteiger partial charge in [0, 0.05) is 0 Å². The average Bonchev–Trinajstić information content (AvgIpc) is 3.04. The molecule has 0 aliphatic carbocycles. The number of hydrazone groups is 1. The molecule has 0 atom stereocenters. The zero-order valence-corrected chi connectivity index (χ0v) is 17.7. The average molecular weight is 437 g/mol. The van der Waals surface area contributed by atoms with Crippen molar-refractivity contribution in [3.05, 3.63) is 99.5 Å². The molecule has 0 bridgehead atoms. The van der Waals surface area contributed by atoms with Crippen molar-refractivity contribution in [2.75, 3.05) is 5.01 Å². The molecule has 4 nitrogen and oxygen atoms in total. The normalized spacial score (nSPS) is 14.9. The van der Waals surface area contributed by atoms with E-state index in [9.17, 15) is 4.79 Å². The van der Waals surface area contributed by atoms with Gasteiger partial charge in [-0.3, -0.25) is 4.79 Å². The molecule has 1 aliphatic heterocycles. The summed E-state index contributed by atoms with van der Waals surface area (Å²) < 4.78 is 5.81. The summed E-state index contributed by atoms with van der Waals surface area (Å²) in [5.74, 6) is 0.580. The van der Waals surface area contributed by atoms with Crippen LogP contribution in [0.25, 0.3) is 6.08 Å². The minimum atomic E-state index is -0.140. The second-order valence-electron chi connectivity index (χ2n) is 6.80. The van der Waals surface area contributed by atoms with Crippen LogP contribution in [0.15, 0.2) is 83.5 Å². The maximum atomic E-state index is 12.8. The minimum Gasteiger partial charge on any atom is -0.489 e. The summed E-state index contributed by atoms with van der Waals surface area (Å²) in [5, 5.41) is 6.84. The lowest BCUT2D eigenvalue weighted by Crippen LogP contribution is -2.21. The molecule has 6 heteroatoms. The van der Waals surface area contributed by atoms with Crippen molar-refractivity contribution in [2.24, 2.45) is 5.10 Å².